The SMILES string of the molecule is O=C(c1ccc2c(ccn2-c2ccc(OC3CCN(CC4CC4)CC3)cn2)c1)N1CCC1. The van der Waals surface area contributed by atoms with Gasteiger partial charge in [0.25, 0.3) is 5.91 Å². The summed E-state index contributed by atoms with van der Waals surface area (Å²) in [5.41, 5.74) is 1.81. The number of rotatable bonds is 6. The maximum atomic E-state index is 12.5. The number of benzene rings is 1. The number of carbonyl (C=O) groups is 1. The fourth-order valence-corrected chi connectivity index (χ4v) is 4.83. The molecule has 32 heavy (non-hydrogen) atoms. The number of carbonyl (C=O) groups excluding carboxylic acids is 1. The third-order valence-electron chi connectivity index (χ3n) is 7.10. The number of amides is 1. The Kier molecular flexibility index (Phi) is 5.10. The Hall–Kier alpha value is -2.86. The van der Waals surface area contributed by atoms with Gasteiger partial charge in [-0.05, 0) is 74.4 Å². The minimum atomic E-state index is 0.129. The first kappa shape index (κ1) is 19.8. The first-order chi connectivity index (χ1) is 15.7. The molecule has 1 amide bonds. The van der Waals surface area contributed by atoms with Crippen molar-refractivity contribution >= 4 is 16.8 Å². The molecule has 6 nitrogen and oxygen atoms in total. The van der Waals surface area contributed by atoms with Crippen molar-refractivity contribution in [2.45, 2.75) is 38.2 Å². The van der Waals surface area contributed by atoms with Crippen LogP contribution in [0.2, 0.25) is 0 Å². The van der Waals surface area contributed by atoms with Crippen molar-refractivity contribution in [3.8, 4) is 11.6 Å². The van der Waals surface area contributed by atoms with Crippen LogP contribution >= 0.6 is 0 Å². The molecule has 0 radical (unpaired) electrons. The Morgan fingerprint density at radius 3 is 2.53 bits per heavy atom. The van der Waals surface area contributed by atoms with Gasteiger partial charge in [-0.25, -0.2) is 4.98 Å². The van der Waals surface area contributed by atoms with E-state index in [-0.39, 0.29) is 12.0 Å². The van der Waals surface area contributed by atoms with E-state index in [2.05, 4.69) is 14.5 Å². The molecule has 1 aliphatic carbocycles. The molecule has 3 aliphatic rings. The van der Waals surface area contributed by atoms with Crippen molar-refractivity contribution in [3.63, 3.8) is 0 Å². The molecule has 166 valence electrons. The Morgan fingerprint density at radius 1 is 1.00 bits per heavy atom. The van der Waals surface area contributed by atoms with E-state index in [4.69, 9.17) is 4.74 Å². The van der Waals surface area contributed by atoms with E-state index in [9.17, 15) is 4.79 Å². The van der Waals surface area contributed by atoms with Crippen molar-refractivity contribution in [3.05, 3.63) is 54.4 Å². The number of likely N-dealkylation sites (tertiary alicyclic amines) is 2. The highest BCUT2D eigenvalue weighted by molar-refractivity contribution is 5.98. The zero-order chi connectivity index (χ0) is 21.5. The minimum Gasteiger partial charge on any atom is -0.489 e. The molecule has 2 aromatic heterocycles. The lowest BCUT2D eigenvalue weighted by atomic mass is 10.1. The highest BCUT2D eigenvalue weighted by Crippen LogP contribution is 2.31. The van der Waals surface area contributed by atoms with Gasteiger partial charge in [-0.1, -0.05) is 0 Å². The lowest BCUT2D eigenvalue weighted by Gasteiger charge is -2.32. The number of pyridine rings is 1. The standard InChI is InChI=1S/C26H30N4O2/c31-26(29-11-1-12-29)21-4-6-24-20(16-21)8-15-30(24)25-7-5-23(17-27-25)32-22-9-13-28(14-10-22)18-19-2-3-19/h4-8,15-17,19,22H,1-3,9-14,18H2. The van der Waals surface area contributed by atoms with Crippen molar-refractivity contribution in [1.29, 1.82) is 0 Å². The second-order valence-corrected chi connectivity index (χ2v) is 9.52. The van der Waals surface area contributed by atoms with Crippen molar-refractivity contribution in [2.24, 2.45) is 5.92 Å². The quantitative estimate of drug-likeness (QED) is 0.590. The summed E-state index contributed by atoms with van der Waals surface area (Å²) in [6.45, 7) is 5.31. The van der Waals surface area contributed by atoms with Gasteiger partial charge in [0.2, 0.25) is 0 Å². The van der Waals surface area contributed by atoms with Crippen LogP contribution in [-0.2, 0) is 0 Å². The predicted octanol–water partition coefficient (Wildman–Crippen LogP) is 4.12. The number of fused-ring (bicyclic) bond motifs is 1. The third-order valence-corrected chi connectivity index (χ3v) is 7.10. The maximum Gasteiger partial charge on any atom is 0.253 e. The van der Waals surface area contributed by atoms with Crippen LogP contribution in [0.15, 0.2) is 48.8 Å². The molecule has 0 N–H and O–H groups in total. The molecular formula is C26H30N4O2. The normalized spacial score (nSPS) is 19.8. The van der Waals surface area contributed by atoms with E-state index in [1.54, 1.807) is 0 Å². The highest BCUT2D eigenvalue weighted by Gasteiger charge is 2.27. The Balaban J connectivity index is 1.11. The smallest absolute Gasteiger partial charge is 0.253 e. The molecule has 2 aliphatic heterocycles. The van der Waals surface area contributed by atoms with Gasteiger partial charge in [-0.3, -0.25) is 4.79 Å². The molecule has 0 unspecified atom stereocenters. The molecule has 3 aromatic rings. The molecule has 3 fully saturated rings. The van der Waals surface area contributed by atoms with E-state index in [1.807, 2.05) is 53.7 Å². The van der Waals surface area contributed by atoms with Crippen LogP contribution in [0.25, 0.3) is 16.7 Å². The predicted molar refractivity (Wildman–Crippen MR) is 124 cm³/mol. The summed E-state index contributed by atoms with van der Waals surface area (Å²) >= 11 is 0. The van der Waals surface area contributed by atoms with E-state index >= 15 is 0 Å². The van der Waals surface area contributed by atoms with Gasteiger partial charge >= 0.3 is 0 Å². The number of aromatic nitrogens is 2. The van der Waals surface area contributed by atoms with Gasteiger partial charge in [0.15, 0.2) is 0 Å². The Morgan fingerprint density at radius 2 is 1.84 bits per heavy atom. The Labute approximate surface area is 188 Å². The summed E-state index contributed by atoms with van der Waals surface area (Å²) in [5.74, 6) is 2.78. The van der Waals surface area contributed by atoms with Gasteiger partial charge in [-0.2, -0.15) is 0 Å². The van der Waals surface area contributed by atoms with Crippen LogP contribution < -0.4 is 4.74 Å². The zero-order valence-corrected chi connectivity index (χ0v) is 18.4. The van der Waals surface area contributed by atoms with Crippen LogP contribution in [0.4, 0.5) is 0 Å². The molecule has 1 aromatic carbocycles. The minimum absolute atomic E-state index is 0.129. The lowest BCUT2D eigenvalue weighted by molar-refractivity contribution is 0.0652. The molecular weight excluding hydrogens is 400 g/mol. The van der Waals surface area contributed by atoms with Gasteiger partial charge in [0.05, 0.1) is 11.7 Å². The van der Waals surface area contributed by atoms with Crippen molar-refractivity contribution < 1.29 is 9.53 Å². The summed E-state index contributed by atoms with van der Waals surface area (Å²) in [7, 11) is 0. The first-order valence-corrected chi connectivity index (χ1v) is 12.0. The molecule has 4 heterocycles. The largest absolute Gasteiger partial charge is 0.489 e. The van der Waals surface area contributed by atoms with Crippen molar-refractivity contribution in [1.82, 2.24) is 19.4 Å². The van der Waals surface area contributed by atoms with Crippen LogP contribution in [0.5, 0.6) is 5.75 Å². The van der Waals surface area contributed by atoms with Gasteiger partial charge in [-0.15, -0.1) is 0 Å². The van der Waals surface area contributed by atoms with Crippen LogP contribution in [0, 0.1) is 5.92 Å². The molecule has 2 saturated heterocycles. The monoisotopic (exact) mass is 430 g/mol. The van der Waals surface area contributed by atoms with Crippen molar-refractivity contribution in [2.75, 3.05) is 32.7 Å². The topological polar surface area (TPSA) is 50.6 Å². The van der Waals surface area contributed by atoms with Gasteiger partial charge in [0, 0.05) is 49.9 Å². The number of ether oxygens (including phenoxy) is 1. The zero-order valence-electron chi connectivity index (χ0n) is 18.4. The molecule has 0 bridgehead atoms. The number of hydrogen-bond donors (Lipinski definition) is 0. The maximum absolute atomic E-state index is 12.5. The van der Waals surface area contributed by atoms with Crippen LogP contribution in [0.1, 0.15) is 42.5 Å². The van der Waals surface area contributed by atoms with Crippen LogP contribution in [0.3, 0.4) is 0 Å². The first-order valence-electron chi connectivity index (χ1n) is 12.0. The Bertz CT molecular complexity index is 1110. The second-order valence-electron chi connectivity index (χ2n) is 9.52. The van der Waals surface area contributed by atoms with E-state index < -0.39 is 0 Å². The molecule has 1 saturated carbocycles. The summed E-state index contributed by atoms with van der Waals surface area (Å²) in [6.07, 6.45) is 10.3. The number of piperidine rings is 1. The summed E-state index contributed by atoms with van der Waals surface area (Å²) in [5, 5.41) is 1.05. The van der Waals surface area contributed by atoms with E-state index in [0.29, 0.717) is 0 Å². The number of nitrogens with zero attached hydrogens (tertiary/aromatic N) is 4. The lowest BCUT2D eigenvalue weighted by Crippen LogP contribution is -2.41. The molecule has 0 atom stereocenters. The highest BCUT2D eigenvalue weighted by atomic mass is 16.5. The molecule has 0 spiro atoms. The third kappa shape index (κ3) is 3.99. The summed E-state index contributed by atoms with van der Waals surface area (Å²) in [6, 6.07) is 12.0. The van der Waals surface area contributed by atoms with Crippen LogP contribution in [-0.4, -0.2) is 64.1 Å². The van der Waals surface area contributed by atoms with Gasteiger partial charge < -0.3 is 19.1 Å². The van der Waals surface area contributed by atoms with E-state index in [1.165, 1.54) is 19.4 Å². The average Bonchev–Trinajstić information content (AvgIpc) is 3.50. The fraction of sp³-hybridized carbons (Fsp3) is 0.462. The average molecular weight is 431 g/mol. The number of hydrogen-bond acceptors (Lipinski definition) is 4. The summed E-state index contributed by atoms with van der Waals surface area (Å²) in [4.78, 5) is 21.7. The van der Waals surface area contributed by atoms with Gasteiger partial charge in [0.1, 0.15) is 17.7 Å². The fourth-order valence-electron chi connectivity index (χ4n) is 4.83. The molecule has 6 rings (SSSR count). The summed E-state index contributed by atoms with van der Waals surface area (Å²) < 4.78 is 8.29. The second kappa shape index (κ2) is 8.24. The molecule has 6 heteroatoms. The van der Waals surface area contributed by atoms with E-state index in [0.717, 1.165) is 79.4 Å².